The summed E-state index contributed by atoms with van der Waals surface area (Å²) in [5.41, 5.74) is 5.20. The molecule has 37 heavy (non-hydrogen) atoms. The van der Waals surface area contributed by atoms with Crippen molar-refractivity contribution in [2.45, 2.75) is 0 Å². The zero-order chi connectivity index (χ0) is 24.3. The molecule has 0 N–H and O–H groups in total. The van der Waals surface area contributed by atoms with E-state index in [4.69, 9.17) is 0 Å². The normalized spacial score (nSPS) is 11.8. The van der Waals surface area contributed by atoms with Gasteiger partial charge in [0, 0.05) is 20.2 Å². The summed E-state index contributed by atoms with van der Waals surface area (Å²) in [5, 5.41) is 10.5. The number of rotatable bonds is 2. The Morgan fingerprint density at radius 3 is 1.62 bits per heavy atom. The lowest BCUT2D eigenvalue weighted by molar-refractivity contribution is 1.67. The molecule has 1 heterocycles. The minimum absolute atomic E-state index is 1.26. The number of benzene rings is 7. The summed E-state index contributed by atoms with van der Waals surface area (Å²) in [4.78, 5) is 0. The molecule has 0 saturated heterocycles. The van der Waals surface area contributed by atoms with Gasteiger partial charge in [-0.15, -0.1) is 11.3 Å². The number of hydrogen-bond acceptors (Lipinski definition) is 1. The van der Waals surface area contributed by atoms with E-state index < -0.39 is 0 Å². The maximum Gasteiger partial charge on any atom is 0.0362 e. The van der Waals surface area contributed by atoms with E-state index in [1.165, 1.54) is 74.7 Å². The smallest absolute Gasteiger partial charge is 0.0362 e. The average molecular weight is 487 g/mol. The molecule has 7 aromatic carbocycles. The monoisotopic (exact) mass is 486 g/mol. The second kappa shape index (κ2) is 8.03. The van der Waals surface area contributed by atoms with Gasteiger partial charge in [0.05, 0.1) is 0 Å². The molecule has 0 spiro atoms. The van der Waals surface area contributed by atoms with Crippen LogP contribution in [0.25, 0.3) is 74.7 Å². The van der Waals surface area contributed by atoms with Crippen LogP contribution in [0.4, 0.5) is 0 Å². The largest absolute Gasteiger partial charge is 0.135 e. The predicted octanol–water partition coefficient (Wildman–Crippen LogP) is 10.8. The standard InChI is InChI=1S/C36H22S/c1-2-11-23(12-3-1)34-26-15-6-8-17-28(26)35(29-18-9-7-16-27(29)34)30-19-10-20-32-36(30)31-21-24-13-4-5-14-25(24)22-33(31)37-32/h1-22H. The fourth-order valence-electron chi connectivity index (χ4n) is 6.05. The fourth-order valence-corrected chi connectivity index (χ4v) is 7.22. The van der Waals surface area contributed by atoms with Crippen molar-refractivity contribution in [3.8, 4) is 22.3 Å². The van der Waals surface area contributed by atoms with E-state index in [9.17, 15) is 0 Å². The highest BCUT2D eigenvalue weighted by atomic mass is 32.1. The summed E-state index contributed by atoms with van der Waals surface area (Å²) in [7, 11) is 0. The van der Waals surface area contributed by atoms with Crippen molar-refractivity contribution in [2.24, 2.45) is 0 Å². The molecule has 0 aliphatic carbocycles. The Morgan fingerprint density at radius 2 is 0.946 bits per heavy atom. The van der Waals surface area contributed by atoms with Crippen molar-refractivity contribution in [2.75, 3.05) is 0 Å². The molecular formula is C36H22S. The molecule has 0 atom stereocenters. The van der Waals surface area contributed by atoms with Crippen LogP contribution in [0.2, 0.25) is 0 Å². The first-order valence-electron chi connectivity index (χ1n) is 12.7. The molecular weight excluding hydrogens is 464 g/mol. The molecule has 8 aromatic rings. The first-order chi connectivity index (χ1) is 18.4. The highest BCUT2D eigenvalue weighted by Crippen LogP contribution is 2.48. The zero-order valence-corrected chi connectivity index (χ0v) is 20.9. The summed E-state index contributed by atoms with van der Waals surface area (Å²) in [6, 6.07) is 48.9. The Hall–Kier alpha value is -4.46. The number of thiophene rings is 1. The van der Waals surface area contributed by atoms with Crippen LogP contribution >= 0.6 is 11.3 Å². The molecule has 0 nitrogen and oxygen atoms in total. The molecule has 0 aliphatic rings. The maximum absolute atomic E-state index is 2.38. The molecule has 8 rings (SSSR count). The van der Waals surface area contributed by atoms with E-state index in [1.54, 1.807) is 0 Å². The van der Waals surface area contributed by atoms with Crippen molar-refractivity contribution < 1.29 is 0 Å². The van der Waals surface area contributed by atoms with Gasteiger partial charge < -0.3 is 0 Å². The third kappa shape index (κ3) is 3.08. The van der Waals surface area contributed by atoms with E-state index in [1.807, 2.05) is 11.3 Å². The maximum atomic E-state index is 2.38. The minimum atomic E-state index is 1.26. The first kappa shape index (κ1) is 20.7. The van der Waals surface area contributed by atoms with Crippen molar-refractivity contribution in [3.05, 3.63) is 133 Å². The van der Waals surface area contributed by atoms with Crippen molar-refractivity contribution in [1.29, 1.82) is 0 Å². The molecule has 0 aliphatic heterocycles. The number of fused-ring (bicyclic) bond motifs is 6. The molecule has 0 radical (unpaired) electrons. The van der Waals surface area contributed by atoms with Crippen LogP contribution in [0.5, 0.6) is 0 Å². The van der Waals surface area contributed by atoms with Gasteiger partial charge in [0.1, 0.15) is 0 Å². The Balaban J connectivity index is 1.57. The number of hydrogen-bond donors (Lipinski definition) is 0. The molecule has 1 heteroatoms. The SMILES string of the molecule is c1ccc(-c2c3ccccc3c(-c3cccc4sc5cc6ccccc6cc5c34)c3ccccc23)cc1. The molecule has 0 bridgehead atoms. The lowest BCUT2D eigenvalue weighted by Gasteiger charge is -2.18. The Kier molecular flexibility index (Phi) is 4.49. The summed E-state index contributed by atoms with van der Waals surface area (Å²) in [6.07, 6.45) is 0. The third-order valence-electron chi connectivity index (χ3n) is 7.63. The molecule has 0 amide bonds. The second-order valence-corrected chi connectivity index (χ2v) is 10.8. The molecule has 0 unspecified atom stereocenters. The van der Waals surface area contributed by atoms with Gasteiger partial charge in [0.2, 0.25) is 0 Å². The van der Waals surface area contributed by atoms with Gasteiger partial charge in [0.25, 0.3) is 0 Å². The van der Waals surface area contributed by atoms with E-state index in [0.29, 0.717) is 0 Å². The topological polar surface area (TPSA) is 0 Å². The minimum Gasteiger partial charge on any atom is -0.135 e. The highest BCUT2D eigenvalue weighted by Gasteiger charge is 2.19. The third-order valence-corrected chi connectivity index (χ3v) is 8.74. The van der Waals surface area contributed by atoms with Crippen molar-refractivity contribution in [1.82, 2.24) is 0 Å². The van der Waals surface area contributed by atoms with Crippen LogP contribution in [0.15, 0.2) is 133 Å². The van der Waals surface area contributed by atoms with Crippen LogP contribution in [-0.4, -0.2) is 0 Å². The quantitative estimate of drug-likeness (QED) is 0.213. The fraction of sp³-hybridized carbons (Fsp3) is 0. The van der Waals surface area contributed by atoms with Crippen molar-refractivity contribution in [3.63, 3.8) is 0 Å². The summed E-state index contributed by atoms with van der Waals surface area (Å²) in [6.45, 7) is 0. The van der Waals surface area contributed by atoms with Crippen LogP contribution in [0, 0.1) is 0 Å². The van der Waals surface area contributed by atoms with Crippen LogP contribution in [0.1, 0.15) is 0 Å². The molecule has 1 aromatic heterocycles. The van der Waals surface area contributed by atoms with E-state index in [2.05, 4.69) is 133 Å². The van der Waals surface area contributed by atoms with Gasteiger partial charge in [-0.1, -0.05) is 115 Å². The van der Waals surface area contributed by atoms with Crippen LogP contribution in [0.3, 0.4) is 0 Å². The predicted molar refractivity (Wildman–Crippen MR) is 163 cm³/mol. The van der Waals surface area contributed by atoms with Gasteiger partial charge in [-0.05, 0) is 72.8 Å². The van der Waals surface area contributed by atoms with Gasteiger partial charge >= 0.3 is 0 Å². The van der Waals surface area contributed by atoms with Gasteiger partial charge in [-0.3, -0.25) is 0 Å². The first-order valence-corrected chi connectivity index (χ1v) is 13.5. The Bertz CT molecular complexity index is 2070. The van der Waals surface area contributed by atoms with Crippen LogP contribution in [-0.2, 0) is 0 Å². The van der Waals surface area contributed by atoms with E-state index in [0.717, 1.165) is 0 Å². The van der Waals surface area contributed by atoms with Crippen molar-refractivity contribution >= 4 is 63.8 Å². The van der Waals surface area contributed by atoms with E-state index >= 15 is 0 Å². The van der Waals surface area contributed by atoms with Gasteiger partial charge in [-0.2, -0.15) is 0 Å². The lowest BCUT2D eigenvalue weighted by Crippen LogP contribution is -1.91. The summed E-state index contributed by atoms with van der Waals surface area (Å²) >= 11 is 1.90. The Morgan fingerprint density at radius 1 is 0.378 bits per heavy atom. The summed E-state index contributed by atoms with van der Waals surface area (Å²) in [5.74, 6) is 0. The zero-order valence-electron chi connectivity index (χ0n) is 20.1. The molecule has 0 saturated carbocycles. The summed E-state index contributed by atoms with van der Waals surface area (Å²) < 4.78 is 2.68. The average Bonchev–Trinajstić information content (AvgIpc) is 3.32. The van der Waals surface area contributed by atoms with Crippen LogP contribution < -0.4 is 0 Å². The molecule has 0 fully saturated rings. The van der Waals surface area contributed by atoms with Gasteiger partial charge in [0.15, 0.2) is 0 Å². The Labute approximate surface area is 219 Å². The van der Waals surface area contributed by atoms with E-state index in [-0.39, 0.29) is 0 Å². The highest BCUT2D eigenvalue weighted by molar-refractivity contribution is 7.26. The second-order valence-electron chi connectivity index (χ2n) is 9.68. The lowest BCUT2D eigenvalue weighted by atomic mass is 9.85. The molecule has 172 valence electrons. The van der Waals surface area contributed by atoms with Gasteiger partial charge in [-0.25, -0.2) is 0 Å².